The van der Waals surface area contributed by atoms with E-state index in [0.717, 1.165) is 57.8 Å². The Morgan fingerprint density at radius 3 is 1.22 bits per heavy atom. The van der Waals surface area contributed by atoms with Crippen LogP contribution in [0.15, 0.2) is 12.2 Å². The number of ether oxygens (including phenoxy) is 4. The molecule has 0 saturated carbocycles. The highest BCUT2D eigenvalue weighted by molar-refractivity contribution is 5.71. The Hall–Kier alpha value is -1.97. The maximum atomic E-state index is 12.7. The van der Waals surface area contributed by atoms with Crippen molar-refractivity contribution in [3.63, 3.8) is 0 Å². The highest BCUT2D eigenvalue weighted by Crippen LogP contribution is 2.17. The largest absolute Gasteiger partial charge is 0.477 e. The average molecular weight is 895 g/mol. The minimum atomic E-state index is -1.51. The fourth-order valence-corrected chi connectivity index (χ4v) is 7.82. The van der Waals surface area contributed by atoms with Crippen LogP contribution in [-0.4, -0.2) is 87.4 Å². The summed E-state index contributed by atoms with van der Waals surface area (Å²) < 4.78 is 22.8. The summed E-state index contributed by atoms with van der Waals surface area (Å²) in [6, 6.07) is 0. The van der Waals surface area contributed by atoms with Crippen LogP contribution in [0, 0.1) is 0 Å². The number of unbranched alkanes of at least 4 members (excludes halogenated alkanes) is 33. The normalized spacial score (nSPS) is 12.8. The molecule has 0 aromatic heterocycles. The minimum absolute atomic E-state index is 0.179. The van der Waals surface area contributed by atoms with Crippen LogP contribution in [0.1, 0.15) is 258 Å². The third kappa shape index (κ3) is 47.8. The van der Waals surface area contributed by atoms with Crippen molar-refractivity contribution in [3.05, 3.63) is 12.2 Å². The number of allylic oxidation sites excluding steroid dienone is 2. The van der Waals surface area contributed by atoms with Gasteiger partial charge in [-0.05, 0) is 32.1 Å². The first kappa shape index (κ1) is 61.0. The van der Waals surface area contributed by atoms with Crippen LogP contribution in [0.4, 0.5) is 0 Å². The maximum Gasteiger partial charge on any atom is 0.361 e. The summed E-state index contributed by atoms with van der Waals surface area (Å²) in [6.45, 7) is 4.86. The van der Waals surface area contributed by atoms with Crippen LogP contribution in [0.25, 0.3) is 0 Å². The molecule has 0 heterocycles. The quantitative estimate of drug-likeness (QED) is 0.0211. The first-order chi connectivity index (χ1) is 30.6. The van der Waals surface area contributed by atoms with E-state index in [1.165, 1.54) is 167 Å². The Labute approximate surface area is 389 Å². The fraction of sp³-hybridized carbons (Fsp3) is 0.907. The molecule has 0 amide bonds. The number of carboxylic acid groups (broad SMARTS) is 1. The van der Waals surface area contributed by atoms with E-state index in [-0.39, 0.29) is 32.2 Å². The van der Waals surface area contributed by atoms with Gasteiger partial charge in [0.1, 0.15) is 13.2 Å². The average Bonchev–Trinajstić information content (AvgIpc) is 3.24. The molecule has 2 unspecified atom stereocenters. The molecule has 0 saturated heterocycles. The molecule has 0 aliphatic rings. The van der Waals surface area contributed by atoms with E-state index in [2.05, 4.69) is 26.0 Å². The first-order valence-electron chi connectivity index (χ1n) is 26.9. The van der Waals surface area contributed by atoms with Gasteiger partial charge in [0, 0.05) is 12.8 Å². The number of nitrogens with zero attached hydrogens (tertiary/aromatic N) is 1. The molecule has 63 heavy (non-hydrogen) atoms. The van der Waals surface area contributed by atoms with Crippen molar-refractivity contribution in [1.82, 2.24) is 0 Å². The van der Waals surface area contributed by atoms with Gasteiger partial charge in [0.05, 0.1) is 34.4 Å². The molecule has 0 bridgehead atoms. The molecule has 0 rings (SSSR count). The van der Waals surface area contributed by atoms with Gasteiger partial charge in [-0.25, -0.2) is 4.79 Å². The van der Waals surface area contributed by atoms with Gasteiger partial charge in [-0.2, -0.15) is 0 Å². The summed E-state index contributed by atoms with van der Waals surface area (Å²) in [5, 5.41) is 9.65. The molecule has 0 aliphatic heterocycles. The van der Waals surface area contributed by atoms with Gasteiger partial charge in [0.2, 0.25) is 0 Å². The van der Waals surface area contributed by atoms with Gasteiger partial charge in [0.25, 0.3) is 6.29 Å². The lowest BCUT2D eigenvalue weighted by atomic mass is 10.0. The number of hydrogen-bond donors (Lipinski definition) is 1. The van der Waals surface area contributed by atoms with Crippen molar-refractivity contribution in [3.8, 4) is 0 Å². The number of quaternary nitrogens is 1. The van der Waals surface area contributed by atoms with Crippen molar-refractivity contribution >= 4 is 17.9 Å². The molecule has 0 aromatic carbocycles. The van der Waals surface area contributed by atoms with E-state index >= 15 is 0 Å². The number of carboxylic acids is 1. The Balaban J connectivity index is 4.09. The highest BCUT2D eigenvalue weighted by atomic mass is 16.7. The molecule has 9 nitrogen and oxygen atoms in total. The Bertz CT molecular complexity index is 1040. The predicted molar refractivity (Wildman–Crippen MR) is 263 cm³/mol. The summed E-state index contributed by atoms with van der Waals surface area (Å²) >= 11 is 0. The molecular formula is C54H104NO8+. The number of carbonyl (C=O) groups excluding carboxylic acids is 2. The number of esters is 2. The lowest BCUT2D eigenvalue weighted by Crippen LogP contribution is -2.40. The van der Waals surface area contributed by atoms with E-state index in [0.29, 0.717) is 23.9 Å². The van der Waals surface area contributed by atoms with Gasteiger partial charge in [-0.1, -0.05) is 225 Å². The summed E-state index contributed by atoms with van der Waals surface area (Å²) in [5.74, 6) is -2.00. The zero-order valence-electron chi connectivity index (χ0n) is 42.3. The smallest absolute Gasteiger partial charge is 0.361 e. The van der Waals surface area contributed by atoms with Crippen molar-refractivity contribution in [2.24, 2.45) is 0 Å². The van der Waals surface area contributed by atoms with Crippen LogP contribution in [0.2, 0.25) is 0 Å². The molecule has 0 aliphatic carbocycles. The summed E-state index contributed by atoms with van der Waals surface area (Å²) in [7, 11) is 5.96. The molecule has 0 radical (unpaired) electrons. The second-order valence-electron chi connectivity index (χ2n) is 19.5. The Morgan fingerprint density at radius 1 is 0.460 bits per heavy atom. The molecular weight excluding hydrogens is 791 g/mol. The van der Waals surface area contributed by atoms with Crippen molar-refractivity contribution in [1.29, 1.82) is 0 Å². The molecule has 0 aromatic rings. The van der Waals surface area contributed by atoms with Crippen LogP contribution >= 0.6 is 0 Å². The second kappa shape index (κ2) is 46.6. The molecule has 9 heteroatoms. The fourth-order valence-electron chi connectivity index (χ4n) is 7.82. The van der Waals surface area contributed by atoms with Gasteiger partial charge >= 0.3 is 17.9 Å². The molecule has 2 atom stereocenters. The van der Waals surface area contributed by atoms with Crippen LogP contribution in [0.3, 0.4) is 0 Å². The number of carbonyl (C=O) groups is 3. The minimum Gasteiger partial charge on any atom is -0.477 e. The zero-order valence-corrected chi connectivity index (χ0v) is 42.3. The molecule has 0 fully saturated rings. The highest BCUT2D eigenvalue weighted by Gasteiger charge is 2.25. The Morgan fingerprint density at radius 2 is 0.825 bits per heavy atom. The van der Waals surface area contributed by atoms with Gasteiger partial charge in [-0.3, -0.25) is 9.59 Å². The van der Waals surface area contributed by atoms with Gasteiger partial charge in [0.15, 0.2) is 6.10 Å². The zero-order chi connectivity index (χ0) is 46.3. The molecule has 0 spiro atoms. The van der Waals surface area contributed by atoms with E-state index in [9.17, 15) is 19.5 Å². The number of hydrogen-bond acceptors (Lipinski definition) is 7. The van der Waals surface area contributed by atoms with Crippen molar-refractivity contribution < 1.29 is 42.9 Å². The van der Waals surface area contributed by atoms with Gasteiger partial charge in [-0.15, -0.1) is 0 Å². The molecule has 372 valence electrons. The van der Waals surface area contributed by atoms with Crippen LogP contribution in [0.5, 0.6) is 0 Å². The SMILES string of the molecule is CCCC/C=C\CCCCCCCC(=O)OC(COC(=O)CCCCCCCCCCCCCCCCCCCCCCCCCCCCC)COC(OCC[N+](C)(C)C)C(=O)O. The van der Waals surface area contributed by atoms with Crippen LogP contribution in [-0.2, 0) is 33.3 Å². The number of aliphatic carboxylic acids is 1. The summed E-state index contributed by atoms with van der Waals surface area (Å²) in [6.07, 6.45) is 48.7. The predicted octanol–water partition coefficient (Wildman–Crippen LogP) is 15.0. The lowest BCUT2D eigenvalue weighted by molar-refractivity contribution is -0.870. The molecule has 1 N–H and O–H groups in total. The van der Waals surface area contributed by atoms with Gasteiger partial charge < -0.3 is 28.5 Å². The summed E-state index contributed by atoms with van der Waals surface area (Å²) in [4.78, 5) is 37.2. The van der Waals surface area contributed by atoms with Crippen LogP contribution < -0.4 is 0 Å². The van der Waals surface area contributed by atoms with E-state index < -0.39 is 24.3 Å². The number of rotatable bonds is 50. The Kier molecular flexibility index (Phi) is 45.1. The third-order valence-electron chi connectivity index (χ3n) is 12.0. The maximum absolute atomic E-state index is 12.7. The monoisotopic (exact) mass is 895 g/mol. The van der Waals surface area contributed by atoms with E-state index in [1.807, 2.05) is 21.1 Å². The lowest BCUT2D eigenvalue weighted by Gasteiger charge is -2.25. The third-order valence-corrected chi connectivity index (χ3v) is 12.0. The van der Waals surface area contributed by atoms with E-state index in [1.54, 1.807) is 0 Å². The first-order valence-corrected chi connectivity index (χ1v) is 26.9. The number of likely N-dealkylation sites (N-methyl/N-ethyl adjacent to an activating group) is 1. The second-order valence-corrected chi connectivity index (χ2v) is 19.5. The topological polar surface area (TPSA) is 108 Å². The van der Waals surface area contributed by atoms with Crippen molar-refractivity contribution in [2.45, 2.75) is 270 Å². The summed E-state index contributed by atoms with van der Waals surface area (Å²) in [5.41, 5.74) is 0. The standard InChI is InChI=1S/C54H103NO8/c1-6-8-10-12-14-16-18-19-20-21-22-23-24-25-26-27-28-29-30-31-32-33-35-36-38-40-42-44-51(56)61-48-50(49-62-54(53(58)59)60-47-46-55(3,4)5)63-52(57)45-43-41-39-37-34-17-15-13-11-9-7-2/h13,15,50,54H,6-12,14,16-49H2,1-5H3/p+1/b15-13-. The van der Waals surface area contributed by atoms with Crippen molar-refractivity contribution in [2.75, 3.05) is 47.5 Å². The van der Waals surface area contributed by atoms with E-state index in [4.69, 9.17) is 18.9 Å².